The summed E-state index contributed by atoms with van der Waals surface area (Å²) in [5, 5.41) is 10.5. The zero-order valence-electron chi connectivity index (χ0n) is 14.4. The lowest BCUT2D eigenvalue weighted by atomic mass is 10.2. The molecule has 0 amide bonds. The van der Waals surface area contributed by atoms with E-state index >= 15 is 0 Å². The Balaban J connectivity index is 1.55. The van der Waals surface area contributed by atoms with E-state index in [-0.39, 0.29) is 5.75 Å². The number of rotatable bonds is 7. The molecule has 3 rings (SSSR count). The zero-order chi connectivity index (χ0) is 17.5. The van der Waals surface area contributed by atoms with Crippen molar-refractivity contribution in [2.45, 2.75) is 22.6 Å². The van der Waals surface area contributed by atoms with Crippen molar-refractivity contribution in [3.05, 3.63) is 41.9 Å². The first-order valence-corrected chi connectivity index (χ1v) is 10.4. The first-order chi connectivity index (χ1) is 12.2. The molecule has 1 N–H and O–H groups in total. The average molecular weight is 378 g/mol. The van der Waals surface area contributed by atoms with Crippen LogP contribution in [0.3, 0.4) is 0 Å². The summed E-state index contributed by atoms with van der Waals surface area (Å²) in [6.45, 7) is 6.97. The molecule has 1 fully saturated rings. The molecule has 0 aromatic carbocycles. The third-order valence-electron chi connectivity index (χ3n) is 4.12. The van der Waals surface area contributed by atoms with Gasteiger partial charge < -0.3 is 9.84 Å². The standard InChI is InChI=1S/C18H23N3O2S2/c1-14-15(13-25-18-16(22)3-2-5-20-18)19-6-4-17(14)24-12-9-21-7-10-23-11-8-21/h2-6,22H,7-13H2,1H3. The molecule has 0 unspecified atom stereocenters. The normalized spacial score (nSPS) is 15.4. The van der Waals surface area contributed by atoms with Crippen LogP contribution < -0.4 is 0 Å². The number of hydrogen-bond donors (Lipinski definition) is 1. The van der Waals surface area contributed by atoms with Crippen molar-refractivity contribution in [2.75, 3.05) is 38.6 Å². The maximum atomic E-state index is 9.83. The molecular formula is C18H23N3O2S2. The van der Waals surface area contributed by atoms with Gasteiger partial charge in [0.25, 0.3) is 0 Å². The van der Waals surface area contributed by atoms with Gasteiger partial charge in [0, 0.05) is 48.4 Å². The Hall–Kier alpha value is -1.28. The summed E-state index contributed by atoms with van der Waals surface area (Å²) in [4.78, 5) is 12.5. The van der Waals surface area contributed by atoms with Crippen LogP contribution >= 0.6 is 23.5 Å². The Morgan fingerprint density at radius 3 is 2.80 bits per heavy atom. The molecule has 0 bridgehead atoms. The van der Waals surface area contributed by atoms with Crippen molar-refractivity contribution in [3.63, 3.8) is 0 Å². The quantitative estimate of drug-likeness (QED) is 0.744. The second kappa shape index (κ2) is 9.43. The summed E-state index contributed by atoms with van der Waals surface area (Å²) in [5.74, 6) is 1.99. The highest BCUT2D eigenvalue weighted by atomic mass is 32.2. The van der Waals surface area contributed by atoms with Gasteiger partial charge in [-0.25, -0.2) is 4.98 Å². The molecule has 1 saturated heterocycles. The number of hydrogen-bond acceptors (Lipinski definition) is 7. The number of aromatic nitrogens is 2. The van der Waals surface area contributed by atoms with E-state index in [0.29, 0.717) is 10.8 Å². The molecule has 2 aromatic rings. The van der Waals surface area contributed by atoms with Gasteiger partial charge >= 0.3 is 0 Å². The van der Waals surface area contributed by atoms with E-state index in [0.717, 1.165) is 44.3 Å². The highest BCUT2D eigenvalue weighted by Gasteiger charge is 2.12. The molecule has 0 aliphatic carbocycles. The first kappa shape index (κ1) is 18.5. The van der Waals surface area contributed by atoms with Crippen LogP contribution in [0.5, 0.6) is 5.75 Å². The summed E-state index contributed by atoms with van der Waals surface area (Å²) >= 11 is 3.40. The van der Waals surface area contributed by atoms with Crippen molar-refractivity contribution in [2.24, 2.45) is 0 Å². The maximum Gasteiger partial charge on any atom is 0.147 e. The molecule has 3 heterocycles. The molecule has 0 saturated carbocycles. The minimum atomic E-state index is 0.223. The monoisotopic (exact) mass is 377 g/mol. The van der Waals surface area contributed by atoms with Crippen LogP contribution in [-0.4, -0.2) is 58.6 Å². The fraction of sp³-hybridized carbons (Fsp3) is 0.444. The van der Waals surface area contributed by atoms with Gasteiger partial charge in [0.15, 0.2) is 0 Å². The predicted octanol–water partition coefficient (Wildman–Crippen LogP) is 3.21. The van der Waals surface area contributed by atoms with Gasteiger partial charge in [0.05, 0.1) is 18.9 Å². The lowest BCUT2D eigenvalue weighted by molar-refractivity contribution is 0.0410. The zero-order valence-corrected chi connectivity index (χ0v) is 16.0. The van der Waals surface area contributed by atoms with Gasteiger partial charge in [-0.15, -0.1) is 11.8 Å². The van der Waals surface area contributed by atoms with Crippen LogP contribution in [0.4, 0.5) is 0 Å². The molecule has 0 atom stereocenters. The van der Waals surface area contributed by atoms with E-state index in [1.54, 1.807) is 18.3 Å². The van der Waals surface area contributed by atoms with Crippen molar-refractivity contribution in [3.8, 4) is 5.75 Å². The second-order valence-corrected chi connectivity index (χ2v) is 7.90. The molecular weight excluding hydrogens is 354 g/mol. The molecule has 134 valence electrons. The highest BCUT2D eigenvalue weighted by Crippen LogP contribution is 2.31. The number of morpholine rings is 1. The lowest BCUT2D eigenvalue weighted by Gasteiger charge is -2.26. The Kier molecular flexibility index (Phi) is 6.98. The van der Waals surface area contributed by atoms with E-state index in [4.69, 9.17) is 4.74 Å². The minimum Gasteiger partial charge on any atom is -0.505 e. The predicted molar refractivity (Wildman–Crippen MR) is 102 cm³/mol. The third-order valence-corrected chi connectivity index (χ3v) is 6.27. The van der Waals surface area contributed by atoms with E-state index in [1.807, 2.05) is 18.0 Å². The van der Waals surface area contributed by atoms with Crippen LogP contribution in [0.15, 0.2) is 40.5 Å². The lowest BCUT2D eigenvalue weighted by Crippen LogP contribution is -2.37. The van der Waals surface area contributed by atoms with Gasteiger partial charge in [-0.2, -0.15) is 0 Å². The third kappa shape index (κ3) is 5.34. The number of pyridine rings is 2. The van der Waals surface area contributed by atoms with Gasteiger partial charge in [-0.1, -0.05) is 11.8 Å². The minimum absolute atomic E-state index is 0.223. The second-order valence-electron chi connectivity index (χ2n) is 5.80. The van der Waals surface area contributed by atoms with Crippen molar-refractivity contribution >= 4 is 23.5 Å². The number of thioether (sulfide) groups is 2. The smallest absolute Gasteiger partial charge is 0.147 e. The topological polar surface area (TPSA) is 58.5 Å². The fourth-order valence-electron chi connectivity index (χ4n) is 2.60. The van der Waals surface area contributed by atoms with Gasteiger partial charge in [0.1, 0.15) is 10.8 Å². The molecule has 0 spiro atoms. The van der Waals surface area contributed by atoms with Gasteiger partial charge in [0.2, 0.25) is 0 Å². The molecule has 0 radical (unpaired) electrons. The van der Waals surface area contributed by atoms with Gasteiger partial charge in [-0.05, 0) is 30.7 Å². The van der Waals surface area contributed by atoms with E-state index in [1.165, 1.54) is 22.2 Å². The molecule has 1 aliphatic heterocycles. The van der Waals surface area contributed by atoms with Crippen LogP contribution in [0.2, 0.25) is 0 Å². The summed E-state index contributed by atoms with van der Waals surface area (Å²) in [6, 6.07) is 5.48. The van der Waals surface area contributed by atoms with Gasteiger partial charge in [-0.3, -0.25) is 9.88 Å². The highest BCUT2D eigenvalue weighted by molar-refractivity contribution is 7.99. The Morgan fingerprint density at radius 2 is 2.00 bits per heavy atom. The number of aromatic hydroxyl groups is 1. The van der Waals surface area contributed by atoms with Crippen LogP contribution in [0.1, 0.15) is 11.3 Å². The summed E-state index contributed by atoms with van der Waals surface area (Å²) in [5.41, 5.74) is 2.27. The van der Waals surface area contributed by atoms with Crippen molar-refractivity contribution in [1.82, 2.24) is 14.9 Å². The maximum absolute atomic E-state index is 9.83. The van der Waals surface area contributed by atoms with Crippen molar-refractivity contribution in [1.29, 1.82) is 0 Å². The number of ether oxygens (including phenoxy) is 1. The van der Waals surface area contributed by atoms with Crippen LogP contribution in [0, 0.1) is 6.92 Å². The summed E-state index contributed by atoms with van der Waals surface area (Å²) < 4.78 is 5.39. The SMILES string of the molecule is Cc1c(SCCN2CCOCC2)ccnc1CSc1ncccc1O. The Bertz CT molecular complexity index is 694. The van der Waals surface area contributed by atoms with Crippen LogP contribution in [0.25, 0.3) is 0 Å². The summed E-state index contributed by atoms with van der Waals surface area (Å²) in [7, 11) is 0. The number of nitrogens with zero attached hydrogens (tertiary/aromatic N) is 3. The average Bonchev–Trinajstić information content (AvgIpc) is 2.64. The molecule has 2 aromatic heterocycles. The van der Waals surface area contributed by atoms with Crippen molar-refractivity contribution < 1.29 is 9.84 Å². The summed E-state index contributed by atoms with van der Waals surface area (Å²) in [6.07, 6.45) is 3.57. The van der Waals surface area contributed by atoms with E-state index < -0.39 is 0 Å². The molecule has 7 heteroatoms. The Morgan fingerprint density at radius 1 is 1.16 bits per heavy atom. The van der Waals surface area contributed by atoms with Crippen LogP contribution in [-0.2, 0) is 10.5 Å². The first-order valence-electron chi connectivity index (χ1n) is 8.38. The molecule has 5 nitrogen and oxygen atoms in total. The van der Waals surface area contributed by atoms with E-state index in [2.05, 4.69) is 27.9 Å². The fourth-order valence-corrected chi connectivity index (χ4v) is 4.58. The Labute approximate surface area is 157 Å². The molecule has 25 heavy (non-hydrogen) atoms. The molecule has 1 aliphatic rings. The van der Waals surface area contributed by atoms with E-state index in [9.17, 15) is 5.11 Å². The largest absolute Gasteiger partial charge is 0.505 e.